The summed E-state index contributed by atoms with van der Waals surface area (Å²) in [4.78, 5) is 11.9. The summed E-state index contributed by atoms with van der Waals surface area (Å²) in [5.74, 6) is -0.458. The van der Waals surface area contributed by atoms with Crippen LogP contribution in [0, 0.1) is 0 Å². The molecule has 0 aliphatic carbocycles. The van der Waals surface area contributed by atoms with Gasteiger partial charge in [-0.05, 0) is 26.3 Å². The minimum atomic E-state index is -1.16. The minimum Gasteiger partial charge on any atom is -0.468 e. The van der Waals surface area contributed by atoms with Gasteiger partial charge in [0.2, 0.25) is 0 Å². The number of esters is 1. The number of hydrogen-bond donors (Lipinski definition) is 1. The van der Waals surface area contributed by atoms with E-state index in [1.54, 1.807) is 0 Å². The quantitative estimate of drug-likeness (QED) is 0.848. The molecule has 0 spiro atoms. The highest BCUT2D eigenvalue weighted by atomic mass is 35.5. The second-order valence-electron chi connectivity index (χ2n) is 5.71. The van der Waals surface area contributed by atoms with Gasteiger partial charge in [0.25, 0.3) is 0 Å². The first-order chi connectivity index (χ1) is 8.77. The number of carbonyl (C=O) groups excluding carboxylic acids is 1. The number of methoxy groups -OCH3 is 1. The summed E-state index contributed by atoms with van der Waals surface area (Å²) < 4.78 is 10.5. The van der Waals surface area contributed by atoms with E-state index in [9.17, 15) is 4.79 Å². The maximum Gasteiger partial charge on any atom is 0.328 e. The maximum absolute atomic E-state index is 11.9. The Morgan fingerprint density at radius 2 is 1.75 bits per heavy atom. The lowest BCUT2D eigenvalue weighted by molar-refractivity contribution is -0.152. The molecule has 1 rings (SSSR count). The Kier molecular flexibility index (Phi) is 7.20. The van der Waals surface area contributed by atoms with E-state index in [2.05, 4.69) is 0 Å². The monoisotopic (exact) mass is 301 g/mol. The fourth-order valence-electron chi connectivity index (χ4n) is 1.69. The van der Waals surface area contributed by atoms with Crippen molar-refractivity contribution in [3.05, 3.63) is 35.9 Å². The largest absolute Gasteiger partial charge is 0.468 e. The molecule has 0 heterocycles. The summed E-state index contributed by atoms with van der Waals surface area (Å²) in [5.41, 5.74) is 5.66. The Labute approximate surface area is 127 Å². The highest BCUT2D eigenvalue weighted by molar-refractivity contribution is 5.85. The minimum absolute atomic E-state index is 0. The van der Waals surface area contributed by atoms with Crippen molar-refractivity contribution in [2.45, 2.75) is 38.3 Å². The van der Waals surface area contributed by atoms with Crippen molar-refractivity contribution < 1.29 is 14.3 Å². The smallest absolute Gasteiger partial charge is 0.328 e. The van der Waals surface area contributed by atoms with Crippen molar-refractivity contribution >= 4 is 18.4 Å². The lowest BCUT2D eigenvalue weighted by Crippen LogP contribution is -2.55. The zero-order chi connectivity index (χ0) is 14.5. The molecule has 0 aromatic heterocycles. The van der Waals surface area contributed by atoms with Crippen molar-refractivity contribution in [3.8, 4) is 0 Å². The Morgan fingerprint density at radius 3 is 2.20 bits per heavy atom. The normalized spacial score (nSPS) is 14.1. The Morgan fingerprint density at radius 1 is 1.20 bits per heavy atom. The molecule has 1 aromatic carbocycles. The van der Waals surface area contributed by atoms with Crippen LogP contribution in [-0.2, 0) is 20.7 Å². The number of halogens is 1. The first kappa shape index (κ1) is 18.9. The second-order valence-corrected chi connectivity index (χ2v) is 5.71. The van der Waals surface area contributed by atoms with Gasteiger partial charge in [0.1, 0.15) is 5.54 Å². The lowest BCUT2D eigenvalue weighted by atomic mass is 9.92. The molecular formula is C15H24ClNO3. The molecular weight excluding hydrogens is 278 g/mol. The van der Waals surface area contributed by atoms with Gasteiger partial charge in [0, 0.05) is 6.42 Å². The van der Waals surface area contributed by atoms with Crippen LogP contribution < -0.4 is 5.73 Å². The summed E-state index contributed by atoms with van der Waals surface area (Å²) in [7, 11) is 1.34. The van der Waals surface area contributed by atoms with Crippen LogP contribution in [0.4, 0.5) is 0 Å². The lowest BCUT2D eigenvalue weighted by Gasteiger charge is -2.30. The van der Waals surface area contributed by atoms with E-state index >= 15 is 0 Å². The third-order valence-electron chi connectivity index (χ3n) is 2.72. The molecule has 20 heavy (non-hydrogen) atoms. The summed E-state index contributed by atoms with van der Waals surface area (Å²) in [6.07, 6.45) is 0.386. The molecule has 5 heteroatoms. The predicted molar refractivity (Wildman–Crippen MR) is 82.0 cm³/mol. The fourth-order valence-corrected chi connectivity index (χ4v) is 1.69. The van der Waals surface area contributed by atoms with E-state index in [1.165, 1.54) is 7.11 Å². The third kappa shape index (κ3) is 5.90. The van der Waals surface area contributed by atoms with E-state index in [4.69, 9.17) is 15.2 Å². The van der Waals surface area contributed by atoms with Crippen molar-refractivity contribution in [1.82, 2.24) is 0 Å². The van der Waals surface area contributed by atoms with E-state index in [-0.39, 0.29) is 24.6 Å². The summed E-state index contributed by atoms with van der Waals surface area (Å²) in [5, 5.41) is 0. The van der Waals surface area contributed by atoms with Gasteiger partial charge in [-0.3, -0.25) is 0 Å². The molecule has 114 valence electrons. The fraction of sp³-hybridized carbons (Fsp3) is 0.533. The number of hydrogen-bond acceptors (Lipinski definition) is 4. The summed E-state index contributed by atoms with van der Waals surface area (Å²) in [6, 6.07) is 9.62. The van der Waals surface area contributed by atoms with Gasteiger partial charge in [0.05, 0.1) is 19.3 Å². The molecule has 0 amide bonds. The van der Waals surface area contributed by atoms with Crippen LogP contribution >= 0.6 is 12.4 Å². The van der Waals surface area contributed by atoms with E-state index in [0.29, 0.717) is 6.42 Å². The number of carbonyl (C=O) groups is 1. The molecule has 0 aliphatic heterocycles. The summed E-state index contributed by atoms with van der Waals surface area (Å²) in [6.45, 7) is 5.89. The van der Waals surface area contributed by atoms with Crippen molar-refractivity contribution in [3.63, 3.8) is 0 Å². The predicted octanol–water partition coefficient (Wildman–Crippen LogP) is 2.34. The maximum atomic E-state index is 11.9. The van der Waals surface area contributed by atoms with Crippen molar-refractivity contribution in [2.24, 2.45) is 5.73 Å². The molecule has 0 bridgehead atoms. The van der Waals surface area contributed by atoms with Gasteiger partial charge in [-0.2, -0.15) is 0 Å². The van der Waals surface area contributed by atoms with Gasteiger partial charge < -0.3 is 15.2 Å². The number of nitrogens with two attached hydrogens (primary N) is 1. The van der Waals surface area contributed by atoms with Crippen molar-refractivity contribution in [2.75, 3.05) is 13.7 Å². The van der Waals surface area contributed by atoms with Crippen LogP contribution in [-0.4, -0.2) is 30.8 Å². The van der Waals surface area contributed by atoms with Gasteiger partial charge in [0.15, 0.2) is 0 Å². The van der Waals surface area contributed by atoms with Crippen LogP contribution in [0.5, 0.6) is 0 Å². The number of benzene rings is 1. The average molecular weight is 302 g/mol. The first-order valence-electron chi connectivity index (χ1n) is 6.32. The van der Waals surface area contributed by atoms with Gasteiger partial charge >= 0.3 is 5.97 Å². The van der Waals surface area contributed by atoms with Gasteiger partial charge in [-0.25, -0.2) is 4.79 Å². The molecule has 0 aliphatic rings. The first-order valence-corrected chi connectivity index (χ1v) is 6.32. The van der Waals surface area contributed by atoms with Crippen LogP contribution in [0.1, 0.15) is 26.3 Å². The number of ether oxygens (including phenoxy) is 2. The second kappa shape index (κ2) is 7.62. The van der Waals surface area contributed by atoms with E-state index in [1.807, 2.05) is 51.1 Å². The zero-order valence-electron chi connectivity index (χ0n) is 12.5. The highest BCUT2D eigenvalue weighted by Gasteiger charge is 2.37. The van der Waals surface area contributed by atoms with Crippen LogP contribution in [0.15, 0.2) is 30.3 Å². The zero-order valence-corrected chi connectivity index (χ0v) is 13.3. The molecule has 0 unspecified atom stereocenters. The third-order valence-corrected chi connectivity index (χ3v) is 2.72. The molecule has 2 N–H and O–H groups in total. The number of rotatable bonds is 5. The Hall–Kier alpha value is -1.10. The highest BCUT2D eigenvalue weighted by Crippen LogP contribution is 2.17. The van der Waals surface area contributed by atoms with Crippen molar-refractivity contribution in [1.29, 1.82) is 0 Å². The Balaban J connectivity index is 0.00000361. The summed E-state index contributed by atoms with van der Waals surface area (Å²) >= 11 is 0. The van der Waals surface area contributed by atoms with Crippen LogP contribution in [0.2, 0.25) is 0 Å². The van der Waals surface area contributed by atoms with Gasteiger partial charge in [-0.1, -0.05) is 30.3 Å². The SMILES string of the molecule is COC(=O)[C@](N)(COC(C)(C)C)Cc1ccccc1.Cl. The average Bonchev–Trinajstić information content (AvgIpc) is 2.36. The topological polar surface area (TPSA) is 61.5 Å². The van der Waals surface area contributed by atoms with Crippen LogP contribution in [0.25, 0.3) is 0 Å². The molecule has 0 saturated carbocycles. The van der Waals surface area contributed by atoms with E-state index in [0.717, 1.165) is 5.56 Å². The Bertz CT molecular complexity index is 417. The van der Waals surface area contributed by atoms with E-state index < -0.39 is 11.5 Å². The molecule has 0 fully saturated rings. The molecule has 0 radical (unpaired) electrons. The standard InChI is InChI=1S/C15H23NO3.ClH/c1-14(2,3)19-11-15(16,13(17)18-4)10-12-8-6-5-7-9-12;/h5-9H,10-11,16H2,1-4H3;1H/t15-;/m1./s1. The van der Waals surface area contributed by atoms with Crippen LogP contribution in [0.3, 0.4) is 0 Å². The van der Waals surface area contributed by atoms with Gasteiger partial charge in [-0.15, -0.1) is 12.4 Å². The molecule has 1 aromatic rings. The molecule has 0 saturated heterocycles. The molecule has 4 nitrogen and oxygen atoms in total. The molecule has 1 atom stereocenters.